The van der Waals surface area contributed by atoms with E-state index in [1.54, 1.807) is 0 Å². The summed E-state index contributed by atoms with van der Waals surface area (Å²) in [5, 5.41) is 2.92. The molecule has 3 aromatic rings. The van der Waals surface area contributed by atoms with Crippen LogP contribution in [0.4, 0.5) is 5.69 Å². The van der Waals surface area contributed by atoms with Gasteiger partial charge in [-0.25, -0.2) is 0 Å². The molecule has 0 spiro atoms. The summed E-state index contributed by atoms with van der Waals surface area (Å²) in [6.45, 7) is 2.54. The average Bonchev–Trinajstić information content (AvgIpc) is 2.64. The highest BCUT2D eigenvalue weighted by atomic mass is 16.5. The highest BCUT2D eigenvalue weighted by molar-refractivity contribution is 5.92. The molecule has 0 fully saturated rings. The van der Waals surface area contributed by atoms with Crippen molar-refractivity contribution in [3.8, 4) is 5.75 Å². The highest BCUT2D eigenvalue weighted by Gasteiger charge is 2.06. The molecular weight excluding hydrogens is 310 g/mol. The van der Waals surface area contributed by atoms with Gasteiger partial charge in [0.1, 0.15) is 12.4 Å². The Labute approximate surface area is 148 Å². The molecule has 0 saturated heterocycles. The van der Waals surface area contributed by atoms with Gasteiger partial charge in [0.15, 0.2) is 0 Å². The molecule has 0 atom stereocenters. The number of ether oxygens (including phenoxy) is 1. The van der Waals surface area contributed by atoms with Crippen molar-refractivity contribution in [3.63, 3.8) is 0 Å². The van der Waals surface area contributed by atoms with Crippen molar-refractivity contribution in [2.24, 2.45) is 0 Å². The van der Waals surface area contributed by atoms with Crippen LogP contribution in [0.3, 0.4) is 0 Å². The van der Waals surface area contributed by atoms with E-state index in [9.17, 15) is 4.79 Å². The van der Waals surface area contributed by atoms with Gasteiger partial charge in [-0.15, -0.1) is 0 Å². The second-order valence-electron chi connectivity index (χ2n) is 5.95. The first-order valence-electron chi connectivity index (χ1n) is 8.32. The maximum Gasteiger partial charge on any atom is 0.228 e. The van der Waals surface area contributed by atoms with Crippen molar-refractivity contribution in [1.82, 2.24) is 0 Å². The molecule has 0 radical (unpaired) electrons. The molecule has 0 unspecified atom stereocenters. The third-order valence-electron chi connectivity index (χ3n) is 4.00. The van der Waals surface area contributed by atoms with E-state index in [2.05, 4.69) is 5.32 Å². The smallest absolute Gasteiger partial charge is 0.228 e. The van der Waals surface area contributed by atoms with E-state index in [4.69, 9.17) is 4.74 Å². The Balaban J connectivity index is 1.53. The number of carbonyl (C=O) groups excluding carboxylic acids is 1. The van der Waals surface area contributed by atoms with Crippen LogP contribution in [0.5, 0.6) is 5.75 Å². The van der Waals surface area contributed by atoms with E-state index in [1.165, 1.54) is 0 Å². The van der Waals surface area contributed by atoms with Gasteiger partial charge >= 0.3 is 0 Å². The molecule has 0 aliphatic heterocycles. The number of carbonyl (C=O) groups is 1. The Bertz CT molecular complexity index is 826. The van der Waals surface area contributed by atoms with Crippen LogP contribution in [0.25, 0.3) is 0 Å². The largest absolute Gasteiger partial charge is 0.489 e. The highest BCUT2D eigenvalue weighted by Crippen LogP contribution is 2.17. The molecule has 0 saturated carbocycles. The third kappa shape index (κ3) is 4.95. The van der Waals surface area contributed by atoms with E-state index >= 15 is 0 Å². The summed E-state index contributed by atoms with van der Waals surface area (Å²) in [4.78, 5) is 12.2. The fraction of sp³-hybridized carbons (Fsp3) is 0.136. The molecule has 0 heterocycles. The van der Waals surface area contributed by atoms with Gasteiger partial charge in [-0.2, -0.15) is 0 Å². The summed E-state index contributed by atoms with van der Waals surface area (Å²) in [6, 6.07) is 25.4. The molecule has 0 aromatic heterocycles. The standard InChI is InChI=1S/C22H21NO2/c1-17-7-5-6-10-19(17)15-22(24)23-20-11-13-21(14-12-20)25-16-18-8-3-2-4-9-18/h2-14H,15-16H2,1H3,(H,23,24). The lowest BCUT2D eigenvalue weighted by Crippen LogP contribution is -2.14. The maximum absolute atomic E-state index is 12.2. The van der Waals surface area contributed by atoms with Crippen LogP contribution in [0, 0.1) is 6.92 Å². The molecule has 0 aliphatic rings. The van der Waals surface area contributed by atoms with Crippen molar-refractivity contribution < 1.29 is 9.53 Å². The first-order chi connectivity index (χ1) is 12.2. The molecular formula is C22H21NO2. The van der Waals surface area contributed by atoms with Crippen molar-refractivity contribution >= 4 is 11.6 Å². The predicted octanol–water partition coefficient (Wildman–Crippen LogP) is 4.76. The molecule has 3 heteroatoms. The minimum atomic E-state index is -0.0211. The zero-order valence-electron chi connectivity index (χ0n) is 14.2. The van der Waals surface area contributed by atoms with Crippen LogP contribution in [0.1, 0.15) is 16.7 Å². The minimum Gasteiger partial charge on any atom is -0.489 e. The molecule has 1 N–H and O–H groups in total. The molecule has 126 valence electrons. The van der Waals surface area contributed by atoms with Gasteiger partial charge in [0.25, 0.3) is 0 Å². The van der Waals surface area contributed by atoms with Crippen LogP contribution in [-0.2, 0) is 17.8 Å². The minimum absolute atomic E-state index is 0.0211. The van der Waals surface area contributed by atoms with E-state index < -0.39 is 0 Å². The van der Waals surface area contributed by atoms with E-state index in [1.807, 2.05) is 85.8 Å². The number of aryl methyl sites for hydroxylation is 1. The SMILES string of the molecule is Cc1ccccc1CC(=O)Nc1ccc(OCc2ccccc2)cc1. The Morgan fingerprint density at radius 2 is 1.56 bits per heavy atom. The quantitative estimate of drug-likeness (QED) is 0.707. The summed E-state index contributed by atoms with van der Waals surface area (Å²) in [7, 11) is 0. The lowest BCUT2D eigenvalue weighted by molar-refractivity contribution is -0.115. The zero-order valence-corrected chi connectivity index (χ0v) is 14.2. The summed E-state index contributed by atoms with van der Waals surface area (Å²) in [5.74, 6) is 0.757. The van der Waals surface area contributed by atoms with Crippen molar-refractivity contribution in [2.45, 2.75) is 20.0 Å². The summed E-state index contributed by atoms with van der Waals surface area (Å²) >= 11 is 0. The molecule has 0 aliphatic carbocycles. The second kappa shape index (κ2) is 8.15. The molecule has 0 bridgehead atoms. The van der Waals surface area contributed by atoms with E-state index in [0.29, 0.717) is 13.0 Å². The fourth-order valence-corrected chi connectivity index (χ4v) is 2.56. The van der Waals surface area contributed by atoms with Crippen molar-refractivity contribution in [1.29, 1.82) is 0 Å². The van der Waals surface area contributed by atoms with Crippen molar-refractivity contribution in [3.05, 3.63) is 95.6 Å². The van der Waals surface area contributed by atoms with Gasteiger partial charge in [0, 0.05) is 5.69 Å². The van der Waals surface area contributed by atoms with Crippen LogP contribution < -0.4 is 10.1 Å². The number of benzene rings is 3. The predicted molar refractivity (Wildman–Crippen MR) is 101 cm³/mol. The van der Waals surface area contributed by atoms with Gasteiger partial charge in [0.05, 0.1) is 6.42 Å². The van der Waals surface area contributed by atoms with Gasteiger partial charge < -0.3 is 10.1 Å². The molecule has 25 heavy (non-hydrogen) atoms. The van der Waals surface area contributed by atoms with E-state index in [-0.39, 0.29) is 5.91 Å². The number of hydrogen-bond donors (Lipinski definition) is 1. The Morgan fingerprint density at radius 3 is 2.28 bits per heavy atom. The molecule has 3 aromatic carbocycles. The molecule has 3 rings (SSSR count). The monoisotopic (exact) mass is 331 g/mol. The summed E-state index contributed by atoms with van der Waals surface area (Å²) in [5.41, 5.74) is 4.06. The van der Waals surface area contributed by atoms with Crippen LogP contribution in [0.15, 0.2) is 78.9 Å². The Kier molecular flexibility index (Phi) is 5.47. The van der Waals surface area contributed by atoms with Gasteiger partial charge in [-0.05, 0) is 47.9 Å². The van der Waals surface area contributed by atoms with Gasteiger partial charge in [-0.1, -0.05) is 54.6 Å². The normalized spacial score (nSPS) is 10.3. The van der Waals surface area contributed by atoms with Crippen LogP contribution in [-0.4, -0.2) is 5.91 Å². The average molecular weight is 331 g/mol. The topological polar surface area (TPSA) is 38.3 Å². The molecule has 3 nitrogen and oxygen atoms in total. The van der Waals surface area contributed by atoms with Crippen molar-refractivity contribution in [2.75, 3.05) is 5.32 Å². The number of hydrogen-bond acceptors (Lipinski definition) is 2. The lowest BCUT2D eigenvalue weighted by Gasteiger charge is -2.09. The Morgan fingerprint density at radius 1 is 0.880 bits per heavy atom. The summed E-state index contributed by atoms with van der Waals surface area (Å²) in [6.07, 6.45) is 0.374. The summed E-state index contributed by atoms with van der Waals surface area (Å²) < 4.78 is 5.75. The lowest BCUT2D eigenvalue weighted by atomic mass is 10.1. The number of rotatable bonds is 6. The maximum atomic E-state index is 12.2. The fourth-order valence-electron chi connectivity index (χ4n) is 2.56. The Hall–Kier alpha value is -3.07. The number of anilines is 1. The second-order valence-corrected chi connectivity index (χ2v) is 5.95. The first-order valence-corrected chi connectivity index (χ1v) is 8.32. The third-order valence-corrected chi connectivity index (χ3v) is 4.00. The van der Waals surface area contributed by atoms with E-state index in [0.717, 1.165) is 28.1 Å². The van der Waals surface area contributed by atoms with Crippen LogP contribution >= 0.6 is 0 Å². The number of amides is 1. The number of nitrogens with one attached hydrogen (secondary N) is 1. The first kappa shape index (κ1) is 16.8. The van der Waals surface area contributed by atoms with Gasteiger partial charge in [-0.3, -0.25) is 4.79 Å². The van der Waals surface area contributed by atoms with Gasteiger partial charge in [0.2, 0.25) is 5.91 Å². The van der Waals surface area contributed by atoms with Crippen LogP contribution in [0.2, 0.25) is 0 Å². The molecule has 1 amide bonds. The zero-order chi connectivity index (χ0) is 17.5.